The molecule has 0 fully saturated rings. The maximum atomic E-state index is 13.1. The van der Waals surface area contributed by atoms with Gasteiger partial charge < -0.3 is 19.6 Å². The molecule has 3 rings (SSSR count). The van der Waals surface area contributed by atoms with Gasteiger partial charge in [-0.1, -0.05) is 63.5 Å². The molecule has 0 saturated carbocycles. The van der Waals surface area contributed by atoms with Crippen LogP contribution in [0.2, 0.25) is 0 Å². The largest absolute Gasteiger partial charge is 0.608 e. The van der Waals surface area contributed by atoms with E-state index in [2.05, 4.69) is 33.8 Å². The standard InChI is InChI=1S/C30H34N4O3S/c1-9-11-12-22(10-2)19(3)15-16-31-21(5)32-25-17-23(14-13-20(25)4)33-28(35)26-27(24-18-30(24,6)7)37-29(34-26)38(8)36/h9-18H,1,3H2,2,4-8H3,(H,31,32)(H,33,35)/b12-11-,16-15-,22-10+. The third-order valence-electron chi connectivity index (χ3n) is 5.88. The third kappa shape index (κ3) is 7.12. The summed E-state index contributed by atoms with van der Waals surface area (Å²) in [4.78, 5) is 21.8. The maximum absolute atomic E-state index is 13.1. The van der Waals surface area contributed by atoms with Gasteiger partial charge in [-0.15, -0.1) is 0 Å². The van der Waals surface area contributed by atoms with Crippen LogP contribution in [0.25, 0.3) is 5.57 Å². The summed E-state index contributed by atoms with van der Waals surface area (Å²) in [5.41, 5.74) is 4.96. The molecule has 1 unspecified atom stereocenters. The molecule has 1 heterocycles. The van der Waals surface area contributed by atoms with Crippen molar-refractivity contribution in [3.05, 3.63) is 102 Å². The van der Waals surface area contributed by atoms with Gasteiger partial charge in [0.1, 0.15) is 12.1 Å². The first-order chi connectivity index (χ1) is 18.0. The van der Waals surface area contributed by atoms with Gasteiger partial charge in [-0.2, -0.15) is 4.98 Å². The summed E-state index contributed by atoms with van der Waals surface area (Å²) in [5, 5.41) is 6.19. The Kier molecular flexibility index (Phi) is 9.14. The fourth-order valence-electron chi connectivity index (χ4n) is 3.59. The molecule has 1 aromatic carbocycles. The van der Waals surface area contributed by atoms with Gasteiger partial charge in [-0.05, 0) is 55.7 Å². The topological polar surface area (TPSA) is 103 Å². The Bertz CT molecular complexity index is 1400. The van der Waals surface area contributed by atoms with E-state index in [0.717, 1.165) is 28.0 Å². The lowest BCUT2D eigenvalue weighted by Gasteiger charge is -2.12. The number of oxazole rings is 1. The van der Waals surface area contributed by atoms with E-state index in [0.29, 0.717) is 17.3 Å². The van der Waals surface area contributed by atoms with Gasteiger partial charge in [0.25, 0.3) is 5.91 Å². The Morgan fingerprint density at radius 1 is 1.26 bits per heavy atom. The summed E-state index contributed by atoms with van der Waals surface area (Å²) in [6.07, 6.45) is 14.5. The van der Waals surface area contributed by atoms with E-state index in [1.165, 1.54) is 6.26 Å². The van der Waals surface area contributed by atoms with Gasteiger partial charge in [0.2, 0.25) is 0 Å². The molecule has 2 aromatic rings. The zero-order chi connectivity index (χ0) is 28.0. The maximum Gasteiger partial charge on any atom is 0.415 e. The van der Waals surface area contributed by atoms with Crippen LogP contribution in [0, 0.1) is 12.3 Å². The van der Waals surface area contributed by atoms with Gasteiger partial charge in [0.15, 0.2) is 11.5 Å². The third-order valence-corrected chi connectivity index (χ3v) is 6.54. The van der Waals surface area contributed by atoms with Crippen LogP contribution in [0.1, 0.15) is 49.5 Å². The highest BCUT2D eigenvalue weighted by Crippen LogP contribution is 2.51. The quantitative estimate of drug-likeness (QED) is 0.149. The summed E-state index contributed by atoms with van der Waals surface area (Å²) in [5.74, 6) is 0.595. The molecule has 1 amide bonds. The monoisotopic (exact) mass is 530 g/mol. The smallest absolute Gasteiger partial charge is 0.415 e. The van der Waals surface area contributed by atoms with Crippen LogP contribution in [0.5, 0.6) is 0 Å². The van der Waals surface area contributed by atoms with Crippen LogP contribution in [0.4, 0.5) is 11.4 Å². The molecule has 1 atom stereocenters. The first kappa shape index (κ1) is 28.7. The number of hydrogen-bond acceptors (Lipinski definition) is 5. The van der Waals surface area contributed by atoms with Gasteiger partial charge in [0.05, 0.1) is 0 Å². The van der Waals surface area contributed by atoms with Crippen LogP contribution in [-0.2, 0) is 11.2 Å². The average molecular weight is 531 g/mol. The number of allylic oxidation sites excluding steroid dienone is 9. The van der Waals surface area contributed by atoms with E-state index >= 15 is 0 Å². The Labute approximate surface area is 227 Å². The zero-order valence-corrected chi connectivity index (χ0v) is 23.5. The lowest BCUT2D eigenvalue weighted by atomic mass is 10.0. The normalized spacial score (nSPS) is 15.9. The van der Waals surface area contributed by atoms with E-state index < -0.39 is 17.1 Å². The molecule has 1 aliphatic carbocycles. The molecule has 0 spiro atoms. The molecule has 1 aliphatic rings. The Balaban J connectivity index is 1.74. The predicted octanol–water partition coefficient (Wildman–Crippen LogP) is 6.98. The van der Waals surface area contributed by atoms with E-state index in [4.69, 9.17) is 4.42 Å². The minimum absolute atomic E-state index is 0.0286. The number of nitrogens with zero attached hydrogens (tertiary/aromatic N) is 2. The number of anilines is 2. The zero-order valence-electron chi connectivity index (χ0n) is 22.7. The molecule has 0 radical (unpaired) electrons. The van der Waals surface area contributed by atoms with Crippen molar-refractivity contribution in [3.63, 3.8) is 0 Å². The summed E-state index contributed by atoms with van der Waals surface area (Å²) in [6.45, 7) is 17.6. The highest BCUT2D eigenvalue weighted by molar-refractivity contribution is 7.90. The lowest BCUT2D eigenvalue weighted by Crippen LogP contribution is -2.15. The number of carbonyl (C=O) groups excluding carboxylic acids is 1. The van der Waals surface area contributed by atoms with Crippen LogP contribution in [-0.4, -0.2) is 27.5 Å². The number of hydrogen-bond donors (Lipinski definition) is 2. The summed E-state index contributed by atoms with van der Waals surface area (Å²) in [6, 6.07) is 5.53. The van der Waals surface area contributed by atoms with Gasteiger partial charge in [-0.25, -0.2) is 4.99 Å². The second kappa shape index (κ2) is 12.1. The number of amides is 1. The van der Waals surface area contributed by atoms with Gasteiger partial charge >= 0.3 is 5.22 Å². The summed E-state index contributed by atoms with van der Waals surface area (Å²) in [7, 11) is 0. The SMILES string of the molecule is C=C/C=C\C(=C/C)C(=C)/C=C\N=C(/C)Nc1cc(NC(=O)c2nc([S+](C)[O-])oc2C2=CC2(C)C)ccc1C. The fourth-order valence-corrected chi connectivity index (χ4v) is 4.01. The number of rotatable bonds is 10. The minimum Gasteiger partial charge on any atom is -0.608 e. The fraction of sp³-hybridized carbons (Fsp3) is 0.233. The van der Waals surface area contributed by atoms with E-state index in [9.17, 15) is 9.35 Å². The molecule has 0 bridgehead atoms. The van der Waals surface area contributed by atoms with Crippen LogP contribution < -0.4 is 10.6 Å². The molecule has 0 saturated heterocycles. The number of amidine groups is 1. The molecular formula is C30H34N4O3S. The number of aryl methyl sites for hydroxylation is 1. The molecule has 38 heavy (non-hydrogen) atoms. The minimum atomic E-state index is -1.45. The van der Waals surface area contributed by atoms with E-state index in [1.54, 1.807) is 12.3 Å². The Hall–Kier alpha value is -3.88. The first-order valence-electron chi connectivity index (χ1n) is 12.1. The van der Waals surface area contributed by atoms with Crippen molar-refractivity contribution in [2.24, 2.45) is 10.4 Å². The molecule has 0 aliphatic heterocycles. The van der Waals surface area contributed by atoms with Crippen molar-refractivity contribution < 1.29 is 13.8 Å². The van der Waals surface area contributed by atoms with Crippen molar-refractivity contribution in [1.82, 2.24) is 4.98 Å². The van der Waals surface area contributed by atoms with Crippen molar-refractivity contribution in [2.75, 3.05) is 16.9 Å². The van der Waals surface area contributed by atoms with Crippen LogP contribution >= 0.6 is 0 Å². The molecule has 1 aromatic heterocycles. The Morgan fingerprint density at radius 2 is 1.97 bits per heavy atom. The average Bonchev–Trinajstić information content (AvgIpc) is 3.27. The second-order valence-corrected chi connectivity index (χ2v) is 10.7. The summed E-state index contributed by atoms with van der Waals surface area (Å²) < 4.78 is 17.6. The van der Waals surface area contributed by atoms with Gasteiger partial charge in [0, 0.05) is 39.7 Å². The van der Waals surface area contributed by atoms with E-state index in [1.807, 2.05) is 83.2 Å². The molecular weight excluding hydrogens is 496 g/mol. The van der Waals surface area contributed by atoms with Crippen LogP contribution in [0.3, 0.4) is 0 Å². The highest BCUT2D eigenvalue weighted by Gasteiger charge is 2.41. The number of nitrogens with one attached hydrogen (secondary N) is 2. The van der Waals surface area contributed by atoms with E-state index in [-0.39, 0.29) is 16.3 Å². The molecule has 198 valence electrons. The predicted molar refractivity (Wildman–Crippen MR) is 158 cm³/mol. The first-order valence-corrected chi connectivity index (χ1v) is 13.6. The summed E-state index contributed by atoms with van der Waals surface area (Å²) >= 11 is -1.45. The number of aliphatic imine (C=N–C) groups is 1. The van der Waals surface area contributed by atoms with Crippen molar-refractivity contribution in [2.45, 2.75) is 39.8 Å². The number of carbonyl (C=O) groups is 1. The van der Waals surface area contributed by atoms with Crippen LogP contribution in [0.15, 0.2) is 99.8 Å². The lowest BCUT2D eigenvalue weighted by molar-refractivity contribution is 0.102. The van der Waals surface area contributed by atoms with Gasteiger partial charge in [-0.3, -0.25) is 4.79 Å². The molecule has 8 heteroatoms. The molecule has 2 N–H and O–H groups in total. The molecule has 7 nitrogen and oxygen atoms in total. The number of benzene rings is 1. The van der Waals surface area contributed by atoms with Crippen molar-refractivity contribution >= 4 is 39.9 Å². The number of aromatic nitrogens is 1. The highest BCUT2D eigenvalue weighted by atomic mass is 32.2. The van der Waals surface area contributed by atoms with Crippen molar-refractivity contribution in [1.29, 1.82) is 0 Å². The Morgan fingerprint density at radius 3 is 2.58 bits per heavy atom. The van der Waals surface area contributed by atoms with Crippen molar-refractivity contribution in [3.8, 4) is 0 Å². The second-order valence-electron chi connectivity index (χ2n) is 9.39.